The molecule has 2 aliphatic heterocycles. The van der Waals surface area contributed by atoms with Crippen molar-refractivity contribution in [2.45, 2.75) is 87.9 Å². The number of hydrogen-bond acceptors (Lipinski definition) is 8. The van der Waals surface area contributed by atoms with Gasteiger partial charge in [0.2, 0.25) is 23.6 Å². The quantitative estimate of drug-likeness (QED) is 0.103. The smallest absolute Gasteiger partial charge is 0.317 e. The summed E-state index contributed by atoms with van der Waals surface area (Å²) >= 11 is 0. The van der Waals surface area contributed by atoms with Crippen molar-refractivity contribution in [3.05, 3.63) is 82.9 Å². The predicted molar refractivity (Wildman–Crippen MR) is 197 cm³/mol. The molecule has 8 N–H and O–H groups in total. The van der Waals surface area contributed by atoms with Gasteiger partial charge in [-0.25, -0.2) is 0 Å². The van der Waals surface area contributed by atoms with Gasteiger partial charge in [0.25, 0.3) is 0 Å². The summed E-state index contributed by atoms with van der Waals surface area (Å²) in [6.07, 6.45) is 5.34. The minimum Gasteiger partial charge on any atom is -0.480 e. The zero-order chi connectivity index (χ0) is 37.1. The van der Waals surface area contributed by atoms with E-state index in [4.69, 9.17) is 11.5 Å². The molecule has 3 atom stereocenters. The number of rotatable bonds is 17. The van der Waals surface area contributed by atoms with Crippen LogP contribution in [0.1, 0.15) is 62.5 Å². The Labute approximate surface area is 305 Å². The molecule has 0 spiro atoms. The van der Waals surface area contributed by atoms with Crippen molar-refractivity contribution in [3.63, 3.8) is 0 Å². The van der Waals surface area contributed by atoms with E-state index in [1.807, 2.05) is 65.6 Å². The SMILES string of the molecule is NCCCCC(NC(=O)C1(NC(=O)C(Cc2ccccc2)NC(=O)C(N)Cc2ccccc2)CCCCC1)C(=O)N1CC2=C(CN(CC(=O)O)C2)C1. The molecular weight excluding hydrogens is 662 g/mol. The van der Waals surface area contributed by atoms with Crippen LogP contribution in [0.3, 0.4) is 0 Å². The number of nitrogens with zero attached hydrogens (tertiary/aromatic N) is 2. The number of carboxylic acid groups (broad SMARTS) is 1. The molecule has 2 aromatic carbocycles. The maximum absolute atomic E-state index is 14.4. The lowest BCUT2D eigenvalue weighted by molar-refractivity contribution is -0.141. The van der Waals surface area contributed by atoms with Crippen LogP contribution >= 0.6 is 0 Å². The molecule has 13 heteroatoms. The molecule has 1 saturated carbocycles. The number of carbonyl (C=O) groups is 5. The van der Waals surface area contributed by atoms with E-state index in [1.165, 1.54) is 0 Å². The highest BCUT2D eigenvalue weighted by Gasteiger charge is 2.44. The number of nitrogens with one attached hydrogen (secondary N) is 3. The second-order valence-electron chi connectivity index (χ2n) is 14.4. The highest BCUT2D eigenvalue weighted by atomic mass is 16.4. The summed E-state index contributed by atoms with van der Waals surface area (Å²) in [4.78, 5) is 70.8. The molecule has 13 nitrogen and oxygen atoms in total. The number of benzene rings is 2. The van der Waals surface area contributed by atoms with Crippen LogP contribution in [-0.4, -0.2) is 107 Å². The summed E-state index contributed by atoms with van der Waals surface area (Å²) in [5.41, 5.74) is 14.6. The van der Waals surface area contributed by atoms with E-state index in [2.05, 4.69) is 16.0 Å². The highest BCUT2D eigenvalue weighted by Crippen LogP contribution is 2.30. The van der Waals surface area contributed by atoms with Crippen molar-refractivity contribution in [2.24, 2.45) is 11.5 Å². The van der Waals surface area contributed by atoms with Gasteiger partial charge in [-0.15, -0.1) is 0 Å². The molecule has 5 rings (SSSR count). The lowest BCUT2D eigenvalue weighted by Gasteiger charge is -2.39. The van der Waals surface area contributed by atoms with E-state index in [1.54, 1.807) is 4.90 Å². The fraction of sp³-hybridized carbons (Fsp3) is 0.513. The number of amides is 4. The normalized spacial score (nSPS) is 18.6. The number of carbonyl (C=O) groups excluding carboxylic acids is 4. The van der Waals surface area contributed by atoms with Crippen LogP contribution < -0.4 is 27.4 Å². The summed E-state index contributed by atoms with van der Waals surface area (Å²) < 4.78 is 0. The van der Waals surface area contributed by atoms with Gasteiger partial charge < -0.3 is 37.4 Å². The summed E-state index contributed by atoms with van der Waals surface area (Å²) in [6.45, 7) is 2.19. The first-order valence-corrected chi connectivity index (χ1v) is 18.5. The van der Waals surface area contributed by atoms with Gasteiger partial charge in [-0.2, -0.15) is 0 Å². The van der Waals surface area contributed by atoms with E-state index < -0.39 is 47.4 Å². The van der Waals surface area contributed by atoms with Crippen molar-refractivity contribution in [3.8, 4) is 0 Å². The number of carboxylic acids is 1. The van der Waals surface area contributed by atoms with Gasteiger partial charge in [0.15, 0.2) is 0 Å². The molecule has 0 radical (unpaired) electrons. The van der Waals surface area contributed by atoms with Crippen molar-refractivity contribution in [1.82, 2.24) is 25.8 Å². The maximum Gasteiger partial charge on any atom is 0.317 e. The molecule has 2 aromatic rings. The molecule has 0 saturated heterocycles. The molecule has 3 unspecified atom stereocenters. The van der Waals surface area contributed by atoms with Crippen LogP contribution in [0, 0.1) is 0 Å². The van der Waals surface area contributed by atoms with Crippen molar-refractivity contribution in [2.75, 3.05) is 39.3 Å². The first kappa shape index (κ1) is 38.6. The van der Waals surface area contributed by atoms with E-state index in [-0.39, 0.29) is 18.9 Å². The summed E-state index contributed by atoms with van der Waals surface area (Å²) in [5.74, 6) is -2.46. The molecule has 1 aliphatic carbocycles. The lowest BCUT2D eigenvalue weighted by Crippen LogP contribution is -2.65. The Kier molecular flexibility index (Phi) is 13.6. The lowest BCUT2D eigenvalue weighted by atomic mass is 9.80. The van der Waals surface area contributed by atoms with Crippen LogP contribution in [0.5, 0.6) is 0 Å². The molecule has 0 aromatic heterocycles. The summed E-state index contributed by atoms with van der Waals surface area (Å²) in [5, 5.41) is 18.2. The zero-order valence-corrected chi connectivity index (χ0v) is 29.9. The zero-order valence-electron chi connectivity index (χ0n) is 29.9. The van der Waals surface area contributed by atoms with Gasteiger partial charge >= 0.3 is 5.97 Å². The Morgan fingerprint density at radius 3 is 1.92 bits per heavy atom. The standard InChI is InChI=1S/C39H53N7O6/c40-19-11-8-16-32(37(51)46-24-29-22-45(26-34(47)48)23-30(29)25-46)43-38(52)39(17-9-3-10-18-39)44-36(50)33(21-28-14-6-2-7-15-28)42-35(49)31(41)20-27-12-4-1-5-13-27/h1-2,4-7,12-15,31-33H,3,8-11,16-26,40-41H2,(H,42,49)(H,43,52)(H,44,50)(H,47,48). The van der Waals surface area contributed by atoms with Gasteiger partial charge in [0.05, 0.1) is 12.6 Å². The van der Waals surface area contributed by atoms with Crippen molar-refractivity contribution in [1.29, 1.82) is 0 Å². The molecule has 0 bridgehead atoms. The molecule has 1 fully saturated rings. The van der Waals surface area contributed by atoms with Crippen LogP contribution in [0.25, 0.3) is 0 Å². The second-order valence-corrected chi connectivity index (χ2v) is 14.4. The van der Waals surface area contributed by atoms with E-state index in [9.17, 15) is 29.1 Å². The van der Waals surface area contributed by atoms with E-state index >= 15 is 0 Å². The summed E-state index contributed by atoms with van der Waals surface area (Å²) in [7, 11) is 0. The molecule has 2 heterocycles. The predicted octanol–water partition coefficient (Wildman–Crippen LogP) is 1.26. The molecular formula is C39H53N7O6. The Balaban J connectivity index is 1.30. The Morgan fingerprint density at radius 2 is 1.35 bits per heavy atom. The van der Waals surface area contributed by atoms with Gasteiger partial charge in [0.1, 0.15) is 17.6 Å². The number of unbranched alkanes of at least 4 members (excludes halogenated alkanes) is 1. The van der Waals surface area contributed by atoms with Gasteiger partial charge in [-0.1, -0.05) is 79.9 Å². The number of aliphatic carboxylic acids is 1. The highest BCUT2D eigenvalue weighted by molar-refractivity contribution is 5.97. The topological polar surface area (TPSA) is 200 Å². The van der Waals surface area contributed by atoms with Crippen LogP contribution in [0.15, 0.2) is 71.8 Å². The Hall–Kier alpha value is -4.59. The molecule has 52 heavy (non-hydrogen) atoms. The molecule has 4 amide bonds. The average Bonchev–Trinajstić information content (AvgIpc) is 3.70. The first-order valence-electron chi connectivity index (χ1n) is 18.5. The minimum absolute atomic E-state index is 0.0527. The van der Waals surface area contributed by atoms with E-state index in [0.29, 0.717) is 84.1 Å². The van der Waals surface area contributed by atoms with Crippen LogP contribution in [0.2, 0.25) is 0 Å². The summed E-state index contributed by atoms with van der Waals surface area (Å²) in [6, 6.07) is 16.1. The van der Waals surface area contributed by atoms with Crippen LogP contribution in [0.4, 0.5) is 0 Å². The first-order chi connectivity index (χ1) is 25.1. The number of hydrogen-bond donors (Lipinski definition) is 6. The minimum atomic E-state index is -1.27. The largest absolute Gasteiger partial charge is 0.480 e. The Morgan fingerprint density at radius 1 is 0.750 bits per heavy atom. The third kappa shape index (κ3) is 10.3. The van der Waals surface area contributed by atoms with Crippen LogP contribution in [-0.2, 0) is 36.8 Å². The Bertz CT molecular complexity index is 1580. The van der Waals surface area contributed by atoms with Gasteiger partial charge in [0, 0.05) is 32.6 Å². The fourth-order valence-electron chi connectivity index (χ4n) is 7.57. The monoisotopic (exact) mass is 715 g/mol. The second kappa shape index (κ2) is 18.3. The third-order valence-electron chi connectivity index (χ3n) is 10.4. The maximum atomic E-state index is 14.4. The molecule has 3 aliphatic rings. The fourth-order valence-corrected chi connectivity index (χ4v) is 7.57. The molecule has 280 valence electrons. The van der Waals surface area contributed by atoms with Gasteiger partial charge in [-0.05, 0) is 67.3 Å². The number of nitrogens with two attached hydrogens (primary N) is 2. The van der Waals surface area contributed by atoms with Crippen molar-refractivity contribution >= 4 is 29.6 Å². The van der Waals surface area contributed by atoms with Crippen molar-refractivity contribution < 1.29 is 29.1 Å². The third-order valence-corrected chi connectivity index (χ3v) is 10.4. The van der Waals surface area contributed by atoms with Gasteiger partial charge in [-0.3, -0.25) is 28.9 Å². The van der Waals surface area contributed by atoms with E-state index in [0.717, 1.165) is 28.7 Å². The average molecular weight is 716 g/mol.